The number of amidine groups is 1. The van der Waals surface area contributed by atoms with Gasteiger partial charge in [0.1, 0.15) is 17.6 Å². The summed E-state index contributed by atoms with van der Waals surface area (Å²) in [4.78, 5) is 54.8. The van der Waals surface area contributed by atoms with Crippen LogP contribution in [0.4, 0.5) is 14.9 Å². The van der Waals surface area contributed by atoms with E-state index in [-0.39, 0.29) is 24.5 Å². The van der Waals surface area contributed by atoms with Crippen LogP contribution in [0.5, 0.6) is 0 Å². The molecule has 0 spiro atoms. The molecule has 4 heterocycles. The number of ether oxygens (including phenoxy) is 1. The normalized spacial score (nSPS) is 19.2. The van der Waals surface area contributed by atoms with E-state index in [2.05, 4.69) is 31.1 Å². The van der Waals surface area contributed by atoms with Gasteiger partial charge in [-0.3, -0.25) is 19.6 Å². The molecule has 7 rings (SSSR count). The second kappa shape index (κ2) is 15.0. The lowest BCUT2D eigenvalue weighted by Crippen LogP contribution is -2.53. The Balaban J connectivity index is 1.10. The molecule has 4 aromatic rings. The van der Waals surface area contributed by atoms with Crippen molar-refractivity contribution in [2.45, 2.75) is 45.2 Å². The monoisotopic (exact) mass is 798 g/mol. The number of anilines is 1. The number of hydrogen-bond donors (Lipinski definition) is 1. The third-order valence-corrected chi connectivity index (χ3v) is 11.8. The number of Topliss-reactive ketones (excluding diaryl/α,β-unsaturated/α-hetero) is 1. The van der Waals surface area contributed by atoms with Crippen molar-refractivity contribution in [1.82, 2.24) is 20.1 Å². The summed E-state index contributed by atoms with van der Waals surface area (Å²) in [7, 11) is 0. The maximum absolute atomic E-state index is 14.2. The summed E-state index contributed by atoms with van der Waals surface area (Å²) in [5, 5.41) is 5.92. The number of aliphatic imine (C=N–C) groups is 1. The van der Waals surface area contributed by atoms with Crippen LogP contribution in [0.15, 0.2) is 99.0 Å². The lowest BCUT2D eigenvalue weighted by Gasteiger charge is -2.38. The SMILES string of the molecule is CCOC(=O)C1=C(CN2CCN3C(=O)N(c4ccc(-c5ccc(C(C)(C)C(C)=O)cc5)cc4)C[C@@H]3C2)NC(c2nccs2)=N[C@H]1c1ccc(F)cc1Br. The van der Waals surface area contributed by atoms with Crippen LogP contribution >= 0.6 is 27.3 Å². The molecule has 2 amide bonds. The van der Waals surface area contributed by atoms with Crippen molar-refractivity contribution in [3.63, 3.8) is 0 Å². The number of nitrogens with zero attached hydrogens (tertiary/aromatic N) is 5. The van der Waals surface area contributed by atoms with Gasteiger partial charge in [-0.25, -0.2) is 19.0 Å². The first-order valence-electron chi connectivity index (χ1n) is 17.6. The summed E-state index contributed by atoms with van der Waals surface area (Å²) in [5.41, 5.74) is 4.92. The highest BCUT2D eigenvalue weighted by Crippen LogP contribution is 2.38. The van der Waals surface area contributed by atoms with Crippen molar-refractivity contribution in [3.05, 3.63) is 116 Å². The largest absolute Gasteiger partial charge is 0.463 e. The maximum Gasteiger partial charge on any atom is 0.338 e. The van der Waals surface area contributed by atoms with E-state index in [1.807, 2.05) is 77.6 Å². The predicted octanol–water partition coefficient (Wildman–Crippen LogP) is 7.11. The van der Waals surface area contributed by atoms with Gasteiger partial charge in [0.15, 0.2) is 10.8 Å². The molecule has 2 saturated heterocycles. The number of esters is 1. The van der Waals surface area contributed by atoms with Crippen LogP contribution in [0.1, 0.15) is 49.9 Å². The van der Waals surface area contributed by atoms with Gasteiger partial charge < -0.3 is 15.0 Å². The first-order chi connectivity index (χ1) is 25.4. The summed E-state index contributed by atoms with van der Waals surface area (Å²) in [6, 6.07) is 19.6. The second-order valence-corrected chi connectivity index (χ2v) is 15.7. The molecule has 3 aromatic carbocycles. The number of piperazine rings is 1. The Morgan fingerprint density at radius 3 is 2.40 bits per heavy atom. The van der Waals surface area contributed by atoms with Gasteiger partial charge in [0.2, 0.25) is 0 Å². The minimum Gasteiger partial charge on any atom is -0.463 e. The number of rotatable bonds is 10. The minimum atomic E-state index is -0.766. The highest BCUT2D eigenvalue weighted by molar-refractivity contribution is 9.10. The first-order valence-corrected chi connectivity index (χ1v) is 19.2. The molecule has 1 N–H and O–H groups in total. The van der Waals surface area contributed by atoms with Gasteiger partial charge in [0, 0.05) is 65.6 Å². The summed E-state index contributed by atoms with van der Waals surface area (Å²) in [6.45, 7) is 10.1. The molecule has 0 unspecified atom stereocenters. The fourth-order valence-electron chi connectivity index (χ4n) is 7.04. The van der Waals surface area contributed by atoms with Crippen LogP contribution in [0.3, 0.4) is 0 Å². The van der Waals surface area contributed by atoms with Crippen molar-refractivity contribution >= 4 is 56.6 Å². The zero-order chi connectivity index (χ0) is 37.4. The summed E-state index contributed by atoms with van der Waals surface area (Å²) in [5.74, 6) is -0.272. The number of hydrogen-bond acceptors (Lipinski definition) is 9. The number of ketones is 1. The van der Waals surface area contributed by atoms with E-state index in [1.54, 1.807) is 26.1 Å². The molecule has 0 saturated carbocycles. The number of aromatic nitrogens is 1. The Kier molecular flexibility index (Phi) is 10.3. The zero-order valence-corrected chi connectivity index (χ0v) is 32.3. The highest BCUT2D eigenvalue weighted by Gasteiger charge is 2.42. The quantitative estimate of drug-likeness (QED) is 0.171. The van der Waals surface area contributed by atoms with Gasteiger partial charge in [-0.05, 0) is 74.2 Å². The number of urea groups is 1. The van der Waals surface area contributed by atoms with E-state index in [1.165, 1.54) is 23.5 Å². The van der Waals surface area contributed by atoms with E-state index in [4.69, 9.17) is 9.73 Å². The number of halogens is 2. The van der Waals surface area contributed by atoms with Crippen LogP contribution in [0, 0.1) is 5.82 Å². The van der Waals surface area contributed by atoms with E-state index >= 15 is 0 Å². The molecule has 1 aromatic heterocycles. The first kappa shape index (κ1) is 36.6. The van der Waals surface area contributed by atoms with Gasteiger partial charge in [0.05, 0.1) is 18.2 Å². The third-order valence-electron chi connectivity index (χ3n) is 10.3. The number of benzene rings is 3. The topological polar surface area (TPSA) is 107 Å². The number of fused-ring (bicyclic) bond motifs is 1. The maximum atomic E-state index is 14.2. The zero-order valence-electron chi connectivity index (χ0n) is 29.9. The number of nitrogens with one attached hydrogen (secondary N) is 1. The number of carbonyl (C=O) groups is 3. The van der Waals surface area contributed by atoms with Crippen molar-refractivity contribution in [2.24, 2.45) is 4.99 Å². The average Bonchev–Trinajstić information content (AvgIpc) is 3.80. The summed E-state index contributed by atoms with van der Waals surface area (Å²) < 4.78 is 20.2. The molecule has 0 aliphatic carbocycles. The molecule has 2 fully saturated rings. The van der Waals surface area contributed by atoms with Crippen LogP contribution in [0.25, 0.3) is 11.1 Å². The Bertz CT molecular complexity index is 2100. The molecule has 274 valence electrons. The second-order valence-electron chi connectivity index (χ2n) is 13.9. The molecule has 3 aliphatic heterocycles. The van der Waals surface area contributed by atoms with Crippen molar-refractivity contribution < 1.29 is 23.5 Å². The fraction of sp³-hybridized carbons (Fsp3) is 0.325. The minimum absolute atomic E-state index is 0.0279. The lowest BCUT2D eigenvalue weighted by atomic mass is 9.81. The van der Waals surface area contributed by atoms with Gasteiger partial charge in [-0.1, -0.05) is 58.4 Å². The lowest BCUT2D eigenvalue weighted by molar-refractivity contribution is -0.139. The van der Waals surface area contributed by atoms with E-state index in [0.717, 1.165) is 22.4 Å². The highest BCUT2D eigenvalue weighted by atomic mass is 79.9. The summed E-state index contributed by atoms with van der Waals surface area (Å²) >= 11 is 4.92. The molecule has 10 nitrogen and oxygen atoms in total. The van der Waals surface area contributed by atoms with E-state index in [9.17, 15) is 18.8 Å². The molecule has 53 heavy (non-hydrogen) atoms. The Labute approximate surface area is 320 Å². The predicted molar refractivity (Wildman–Crippen MR) is 208 cm³/mol. The molecule has 13 heteroatoms. The van der Waals surface area contributed by atoms with Crippen molar-refractivity contribution in [2.75, 3.05) is 44.2 Å². The van der Waals surface area contributed by atoms with Crippen LogP contribution < -0.4 is 10.2 Å². The molecule has 2 atom stereocenters. The third kappa shape index (κ3) is 7.29. The van der Waals surface area contributed by atoms with E-state index in [0.29, 0.717) is 64.9 Å². The molecule has 3 aliphatic rings. The molecule has 0 radical (unpaired) electrons. The Morgan fingerprint density at radius 1 is 1.04 bits per heavy atom. The molecular formula is C40H40BrFN6O4S. The van der Waals surface area contributed by atoms with Crippen LogP contribution in [-0.2, 0) is 19.7 Å². The number of carbonyl (C=O) groups excluding carboxylic acids is 3. The van der Waals surface area contributed by atoms with Crippen LogP contribution in [-0.4, -0.2) is 83.8 Å². The van der Waals surface area contributed by atoms with Gasteiger partial charge in [0.25, 0.3) is 0 Å². The van der Waals surface area contributed by atoms with E-state index < -0.39 is 23.2 Å². The van der Waals surface area contributed by atoms with Crippen molar-refractivity contribution in [3.8, 4) is 11.1 Å². The van der Waals surface area contributed by atoms with Crippen LogP contribution in [0.2, 0.25) is 0 Å². The summed E-state index contributed by atoms with van der Waals surface area (Å²) in [6.07, 6.45) is 1.70. The van der Waals surface area contributed by atoms with Gasteiger partial charge in [-0.2, -0.15) is 0 Å². The Morgan fingerprint density at radius 2 is 1.75 bits per heavy atom. The number of amides is 2. The van der Waals surface area contributed by atoms with Crippen molar-refractivity contribution in [1.29, 1.82) is 0 Å². The standard InChI is InChI=1S/C40H40BrFN6O4S/c1-5-52-38(50)34-33(44-36(37-43-16-19-53-37)45-35(34)31-15-12-28(42)20-32(31)41)23-46-17-18-47-30(21-46)22-48(39(47)51)29-13-8-26(9-14-29)25-6-10-27(11-7-25)40(3,4)24(2)49/h6-16,19-20,30,35H,5,17-18,21-23H2,1-4H3,(H,44,45)/t30-,35-/m0/s1. The number of thiazole rings is 1. The fourth-order valence-corrected chi connectivity index (χ4v) is 8.19. The molecular weight excluding hydrogens is 759 g/mol. The van der Waals surface area contributed by atoms with Gasteiger partial charge in [-0.15, -0.1) is 11.3 Å². The molecule has 0 bridgehead atoms. The average molecular weight is 800 g/mol. The van der Waals surface area contributed by atoms with Gasteiger partial charge >= 0.3 is 12.0 Å². The smallest absolute Gasteiger partial charge is 0.338 e. The Hall–Kier alpha value is -4.72.